The molecule has 0 unspecified atom stereocenters. The Balaban J connectivity index is 1.84. The molecule has 3 aromatic carbocycles. The van der Waals surface area contributed by atoms with Gasteiger partial charge in [0.2, 0.25) is 0 Å². The maximum absolute atomic E-state index is 13.3. The summed E-state index contributed by atoms with van der Waals surface area (Å²) in [5.74, 6) is 0.472. The highest BCUT2D eigenvalue weighted by Gasteiger charge is 2.34. The standard InChI is InChI=1S/C24H21ClF3NO3/c1-3-31-22-11-6-16(12-17(22)14-32-19-8-4-15(2)5-9-19)23(30)29-21-10-7-18(25)13-20(21)24(26,27)28/h4-13H,3,14H2,1-2H3,(H,29,30). The summed E-state index contributed by atoms with van der Waals surface area (Å²) in [7, 11) is 0. The van der Waals surface area contributed by atoms with Crippen LogP contribution in [0.1, 0.15) is 34.0 Å². The van der Waals surface area contributed by atoms with Crippen molar-refractivity contribution >= 4 is 23.2 Å². The third-order valence-corrected chi connectivity index (χ3v) is 4.81. The van der Waals surface area contributed by atoms with Crippen LogP contribution in [0.25, 0.3) is 0 Å². The number of amides is 1. The molecule has 0 heterocycles. The molecule has 0 saturated heterocycles. The van der Waals surface area contributed by atoms with E-state index in [9.17, 15) is 18.0 Å². The van der Waals surface area contributed by atoms with Gasteiger partial charge in [-0.2, -0.15) is 13.2 Å². The number of carbonyl (C=O) groups is 1. The van der Waals surface area contributed by atoms with Gasteiger partial charge in [0.1, 0.15) is 18.1 Å². The Kier molecular flexibility index (Phi) is 7.30. The summed E-state index contributed by atoms with van der Waals surface area (Å²) >= 11 is 5.70. The van der Waals surface area contributed by atoms with Gasteiger partial charge in [-0.25, -0.2) is 0 Å². The Bertz CT molecular complexity index is 1100. The topological polar surface area (TPSA) is 47.6 Å². The van der Waals surface area contributed by atoms with E-state index in [0.29, 0.717) is 23.7 Å². The Morgan fingerprint density at radius 3 is 2.38 bits per heavy atom. The summed E-state index contributed by atoms with van der Waals surface area (Å²) in [5.41, 5.74) is 0.447. The average Bonchev–Trinajstić information content (AvgIpc) is 2.74. The number of rotatable bonds is 7. The SMILES string of the molecule is CCOc1ccc(C(=O)Nc2ccc(Cl)cc2C(F)(F)F)cc1COc1ccc(C)cc1. The van der Waals surface area contributed by atoms with Crippen molar-refractivity contribution in [2.45, 2.75) is 26.6 Å². The van der Waals surface area contributed by atoms with Crippen LogP contribution in [0, 0.1) is 6.92 Å². The number of nitrogens with one attached hydrogen (secondary N) is 1. The van der Waals surface area contributed by atoms with Crippen LogP contribution >= 0.6 is 11.6 Å². The van der Waals surface area contributed by atoms with Gasteiger partial charge in [0.15, 0.2) is 0 Å². The van der Waals surface area contributed by atoms with Gasteiger partial charge in [-0.05, 0) is 62.4 Å². The second kappa shape index (κ2) is 9.96. The van der Waals surface area contributed by atoms with Crippen molar-refractivity contribution in [3.63, 3.8) is 0 Å². The van der Waals surface area contributed by atoms with Gasteiger partial charge < -0.3 is 14.8 Å². The average molecular weight is 464 g/mol. The normalized spacial score (nSPS) is 11.2. The number of benzene rings is 3. The van der Waals surface area contributed by atoms with E-state index in [-0.39, 0.29) is 22.9 Å². The minimum atomic E-state index is -4.67. The van der Waals surface area contributed by atoms with Gasteiger partial charge in [-0.3, -0.25) is 4.79 Å². The number of hydrogen-bond acceptors (Lipinski definition) is 3. The molecule has 0 radical (unpaired) electrons. The number of ether oxygens (including phenoxy) is 2. The molecule has 0 fully saturated rings. The molecule has 0 saturated carbocycles. The summed E-state index contributed by atoms with van der Waals surface area (Å²) in [6, 6.07) is 15.3. The molecule has 32 heavy (non-hydrogen) atoms. The van der Waals surface area contributed by atoms with E-state index in [1.807, 2.05) is 38.1 Å². The largest absolute Gasteiger partial charge is 0.493 e. The first-order valence-corrected chi connectivity index (χ1v) is 10.2. The first kappa shape index (κ1) is 23.5. The number of hydrogen-bond donors (Lipinski definition) is 1. The molecular weight excluding hydrogens is 443 g/mol. The summed E-state index contributed by atoms with van der Waals surface area (Å²) in [6.45, 7) is 4.31. The van der Waals surface area contributed by atoms with Crippen LogP contribution in [0.5, 0.6) is 11.5 Å². The van der Waals surface area contributed by atoms with Crippen LogP contribution in [0.15, 0.2) is 60.7 Å². The maximum atomic E-state index is 13.3. The second-order valence-electron chi connectivity index (χ2n) is 7.00. The van der Waals surface area contributed by atoms with E-state index in [2.05, 4.69) is 5.32 Å². The Morgan fingerprint density at radius 2 is 1.72 bits per heavy atom. The number of alkyl halides is 3. The van der Waals surface area contributed by atoms with Gasteiger partial charge in [0.05, 0.1) is 17.9 Å². The third-order valence-electron chi connectivity index (χ3n) is 4.57. The first-order chi connectivity index (χ1) is 15.2. The van der Waals surface area contributed by atoms with E-state index in [1.54, 1.807) is 6.07 Å². The number of aryl methyl sites for hydroxylation is 1. The molecule has 0 aliphatic rings. The minimum Gasteiger partial charge on any atom is -0.493 e. The molecule has 4 nitrogen and oxygen atoms in total. The highest BCUT2D eigenvalue weighted by atomic mass is 35.5. The second-order valence-corrected chi connectivity index (χ2v) is 7.44. The van der Waals surface area contributed by atoms with Crippen molar-refractivity contribution in [2.24, 2.45) is 0 Å². The highest BCUT2D eigenvalue weighted by Crippen LogP contribution is 2.36. The fraction of sp³-hybridized carbons (Fsp3) is 0.208. The number of anilines is 1. The smallest absolute Gasteiger partial charge is 0.418 e. The molecule has 3 aromatic rings. The molecule has 0 aliphatic carbocycles. The van der Waals surface area contributed by atoms with Gasteiger partial charge >= 0.3 is 6.18 Å². The lowest BCUT2D eigenvalue weighted by Gasteiger charge is -2.16. The van der Waals surface area contributed by atoms with Gasteiger partial charge in [0.25, 0.3) is 5.91 Å². The molecule has 0 bridgehead atoms. The van der Waals surface area contributed by atoms with Gasteiger partial charge in [0, 0.05) is 16.1 Å². The zero-order chi connectivity index (χ0) is 23.3. The molecule has 0 aromatic heterocycles. The maximum Gasteiger partial charge on any atom is 0.418 e. The van der Waals surface area contributed by atoms with Crippen LogP contribution in [0.3, 0.4) is 0 Å². The predicted octanol–water partition coefficient (Wildman–Crippen LogP) is 6.90. The van der Waals surface area contributed by atoms with Crippen LogP contribution in [0.2, 0.25) is 5.02 Å². The summed E-state index contributed by atoms with van der Waals surface area (Å²) in [5, 5.41) is 2.24. The van der Waals surface area contributed by atoms with E-state index in [4.69, 9.17) is 21.1 Å². The zero-order valence-corrected chi connectivity index (χ0v) is 18.2. The molecule has 1 amide bonds. The number of carbonyl (C=O) groups excluding carboxylic acids is 1. The van der Waals surface area contributed by atoms with Crippen LogP contribution < -0.4 is 14.8 Å². The van der Waals surface area contributed by atoms with Gasteiger partial charge in [-0.15, -0.1) is 0 Å². The Hall–Kier alpha value is -3.19. The van der Waals surface area contributed by atoms with E-state index in [1.165, 1.54) is 18.2 Å². The molecular formula is C24H21ClF3NO3. The summed E-state index contributed by atoms with van der Waals surface area (Å²) in [6.07, 6.45) is -4.67. The van der Waals surface area contributed by atoms with E-state index >= 15 is 0 Å². The minimum absolute atomic E-state index is 0.0769. The lowest BCUT2D eigenvalue weighted by Crippen LogP contribution is -2.17. The fourth-order valence-electron chi connectivity index (χ4n) is 2.98. The highest BCUT2D eigenvalue weighted by molar-refractivity contribution is 6.30. The monoisotopic (exact) mass is 463 g/mol. The van der Waals surface area contributed by atoms with Crippen LogP contribution in [-0.2, 0) is 12.8 Å². The van der Waals surface area contributed by atoms with Crippen molar-refractivity contribution in [2.75, 3.05) is 11.9 Å². The number of halogens is 4. The molecule has 0 spiro atoms. The summed E-state index contributed by atoms with van der Waals surface area (Å²) < 4.78 is 51.4. The van der Waals surface area contributed by atoms with Crippen molar-refractivity contribution in [1.82, 2.24) is 0 Å². The molecule has 8 heteroatoms. The van der Waals surface area contributed by atoms with Crippen molar-refractivity contribution in [3.8, 4) is 11.5 Å². The van der Waals surface area contributed by atoms with Crippen molar-refractivity contribution < 1.29 is 27.4 Å². The van der Waals surface area contributed by atoms with Crippen LogP contribution in [-0.4, -0.2) is 12.5 Å². The third kappa shape index (κ3) is 5.95. The Morgan fingerprint density at radius 1 is 1.00 bits per heavy atom. The fourth-order valence-corrected chi connectivity index (χ4v) is 3.15. The Labute approximate surface area is 188 Å². The lowest BCUT2D eigenvalue weighted by atomic mass is 10.1. The zero-order valence-electron chi connectivity index (χ0n) is 17.4. The molecule has 1 N–H and O–H groups in total. The molecule has 3 rings (SSSR count). The van der Waals surface area contributed by atoms with E-state index < -0.39 is 17.6 Å². The lowest BCUT2D eigenvalue weighted by molar-refractivity contribution is -0.136. The van der Waals surface area contributed by atoms with Crippen molar-refractivity contribution in [3.05, 3.63) is 87.9 Å². The van der Waals surface area contributed by atoms with Gasteiger partial charge in [-0.1, -0.05) is 29.3 Å². The predicted molar refractivity (Wildman–Crippen MR) is 118 cm³/mol. The first-order valence-electron chi connectivity index (χ1n) is 9.80. The van der Waals surface area contributed by atoms with Crippen molar-refractivity contribution in [1.29, 1.82) is 0 Å². The molecule has 0 aliphatic heterocycles. The van der Waals surface area contributed by atoms with Crippen LogP contribution in [0.4, 0.5) is 18.9 Å². The van der Waals surface area contributed by atoms with E-state index in [0.717, 1.165) is 17.7 Å². The molecule has 0 atom stereocenters. The molecule has 168 valence electrons. The quantitative estimate of drug-likeness (QED) is 0.414. The summed E-state index contributed by atoms with van der Waals surface area (Å²) in [4.78, 5) is 12.7.